The molecule has 5 unspecified atom stereocenters. The Morgan fingerprint density at radius 3 is 2.61 bits per heavy atom. The lowest BCUT2D eigenvalue weighted by atomic mass is 9.76. The molecule has 0 aromatic rings. The summed E-state index contributed by atoms with van der Waals surface area (Å²) >= 11 is 0. The van der Waals surface area contributed by atoms with Crippen molar-refractivity contribution in [2.24, 2.45) is 17.6 Å². The van der Waals surface area contributed by atoms with Crippen LogP contribution in [0.4, 0.5) is 0 Å². The molecule has 104 valence electrons. The van der Waals surface area contributed by atoms with Crippen LogP contribution in [-0.4, -0.2) is 42.6 Å². The number of nitrogens with two attached hydrogens (primary N) is 1. The first-order chi connectivity index (χ1) is 8.52. The van der Waals surface area contributed by atoms with Gasteiger partial charge in [0.1, 0.15) is 0 Å². The van der Waals surface area contributed by atoms with Crippen molar-refractivity contribution >= 4 is 5.91 Å². The maximum atomic E-state index is 12.6. The highest BCUT2D eigenvalue weighted by atomic mass is 16.5. The van der Waals surface area contributed by atoms with Crippen molar-refractivity contribution in [3.8, 4) is 0 Å². The minimum Gasteiger partial charge on any atom is -0.376 e. The SMILES string of the molecule is CC1OCCC1N(C)C(=O)C1CCCC(N)C1C. The molecule has 0 aromatic carbocycles. The van der Waals surface area contributed by atoms with E-state index in [-0.39, 0.29) is 30.0 Å². The third-order valence-corrected chi connectivity index (χ3v) is 4.86. The van der Waals surface area contributed by atoms with Gasteiger partial charge in [-0.1, -0.05) is 13.3 Å². The number of likely N-dealkylation sites (N-methyl/N-ethyl adjacent to an activating group) is 1. The Morgan fingerprint density at radius 2 is 2.00 bits per heavy atom. The normalized spacial score (nSPS) is 40.8. The molecule has 1 saturated heterocycles. The van der Waals surface area contributed by atoms with Crippen LogP contribution >= 0.6 is 0 Å². The van der Waals surface area contributed by atoms with Crippen molar-refractivity contribution in [3.05, 3.63) is 0 Å². The molecule has 1 aliphatic carbocycles. The van der Waals surface area contributed by atoms with Crippen LogP contribution in [0.1, 0.15) is 39.5 Å². The Morgan fingerprint density at radius 1 is 1.28 bits per heavy atom. The summed E-state index contributed by atoms with van der Waals surface area (Å²) in [7, 11) is 1.92. The highest BCUT2D eigenvalue weighted by Crippen LogP contribution is 2.31. The number of nitrogens with zero attached hydrogens (tertiary/aromatic N) is 1. The number of ether oxygens (including phenoxy) is 1. The smallest absolute Gasteiger partial charge is 0.226 e. The summed E-state index contributed by atoms with van der Waals surface area (Å²) in [6.45, 7) is 4.94. The second-order valence-corrected chi connectivity index (χ2v) is 5.94. The van der Waals surface area contributed by atoms with Crippen LogP contribution in [0.3, 0.4) is 0 Å². The Kier molecular flexibility index (Phi) is 4.28. The molecule has 2 N–H and O–H groups in total. The lowest BCUT2D eigenvalue weighted by Gasteiger charge is -2.37. The summed E-state index contributed by atoms with van der Waals surface area (Å²) in [4.78, 5) is 14.5. The minimum absolute atomic E-state index is 0.103. The molecule has 1 saturated carbocycles. The van der Waals surface area contributed by atoms with Crippen LogP contribution < -0.4 is 5.73 Å². The zero-order chi connectivity index (χ0) is 13.3. The van der Waals surface area contributed by atoms with Crippen LogP contribution in [0.15, 0.2) is 0 Å². The summed E-state index contributed by atoms with van der Waals surface area (Å²) in [5.41, 5.74) is 6.09. The standard InChI is InChI=1S/C14H26N2O2/c1-9-11(5-4-6-12(9)15)14(17)16(3)13-7-8-18-10(13)2/h9-13H,4-8,15H2,1-3H3. The van der Waals surface area contributed by atoms with E-state index in [1.54, 1.807) is 0 Å². The van der Waals surface area contributed by atoms with E-state index in [1.807, 2.05) is 11.9 Å². The van der Waals surface area contributed by atoms with E-state index in [0.717, 1.165) is 32.3 Å². The number of hydrogen-bond donors (Lipinski definition) is 1. The van der Waals surface area contributed by atoms with Gasteiger partial charge in [-0.3, -0.25) is 4.79 Å². The van der Waals surface area contributed by atoms with E-state index in [9.17, 15) is 4.79 Å². The van der Waals surface area contributed by atoms with Gasteiger partial charge in [-0.15, -0.1) is 0 Å². The molecule has 0 radical (unpaired) electrons. The summed E-state index contributed by atoms with van der Waals surface area (Å²) in [5.74, 6) is 0.665. The summed E-state index contributed by atoms with van der Waals surface area (Å²) in [6.07, 6.45) is 4.23. The van der Waals surface area contributed by atoms with Crippen LogP contribution in [-0.2, 0) is 9.53 Å². The second-order valence-electron chi connectivity index (χ2n) is 5.94. The Hall–Kier alpha value is -0.610. The third-order valence-electron chi connectivity index (χ3n) is 4.86. The fraction of sp³-hybridized carbons (Fsp3) is 0.929. The topological polar surface area (TPSA) is 55.6 Å². The third kappa shape index (κ3) is 2.54. The van der Waals surface area contributed by atoms with Gasteiger partial charge in [-0.05, 0) is 32.1 Å². The zero-order valence-electron chi connectivity index (χ0n) is 11.8. The minimum atomic E-state index is 0.103. The molecule has 1 heterocycles. The van der Waals surface area contributed by atoms with E-state index in [4.69, 9.17) is 10.5 Å². The van der Waals surface area contributed by atoms with Crippen molar-refractivity contribution in [2.45, 2.75) is 57.7 Å². The van der Waals surface area contributed by atoms with Gasteiger partial charge < -0.3 is 15.4 Å². The molecule has 4 heteroatoms. The lowest BCUT2D eigenvalue weighted by molar-refractivity contribution is -0.140. The fourth-order valence-corrected chi connectivity index (χ4v) is 3.40. The summed E-state index contributed by atoms with van der Waals surface area (Å²) in [6, 6.07) is 0.418. The molecule has 0 spiro atoms. The van der Waals surface area contributed by atoms with Crippen molar-refractivity contribution in [2.75, 3.05) is 13.7 Å². The molecule has 0 aromatic heterocycles. The van der Waals surface area contributed by atoms with Crippen molar-refractivity contribution in [3.63, 3.8) is 0 Å². The van der Waals surface area contributed by atoms with E-state index >= 15 is 0 Å². The predicted molar refractivity (Wildman–Crippen MR) is 71.1 cm³/mol. The number of rotatable bonds is 2. The van der Waals surface area contributed by atoms with Crippen molar-refractivity contribution in [1.82, 2.24) is 4.90 Å². The molecule has 1 aliphatic heterocycles. The number of carbonyl (C=O) groups excluding carboxylic acids is 1. The molecule has 2 fully saturated rings. The molecule has 2 aliphatic rings. The van der Waals surface area contributed by atoms with E-state index in [0.29, 0.717) is 5.92 Å². The highest BCUT2D eigenvalue weighted by Gasteiger charge is 2.38. The summed E-state index contributed by atoms with van der Waals surface area (Å²) < 4.78 is 5.55. The Labute approximate surface area is 110 Å². The predicted octanol–water partition coefficient (Wildman–Crippen LogP) is 1.39. The number of amides is 1. The van der Waals surface area contributed by atoms with Gasteiger partial charge in [0.25, 0.3) is 0 Å². The van der Waals surface area contributed by atoms with Gasteiger partial charge in [0.05, 0.1) is 12.1 Å². The molecule has 1 amide bonds. The first-order valence-corrected chi connectivity index (χ1v) is 7.16. The lowest BCUT2D eigenvalue weighted by Crippen LogP contribution is -2.49. The molecular weight excluding hydrogens is 228 g/mol. The quantitative estimate of drug-likeness (QED) is 0.810. The fourth-order valence-electron chi connectivity index (χ4n) is 3.40. The molecule has 18 heavy (non-hydrogen) atoms. The molecule has 2 rings (SSSR count). The first kappa shape index (κ1) is 13.8. The zero-order valence-corrected chi connectivity index (χ0v) is 11.8. The number of hydrogen-bond acceptors (Lipinski definition) is 3. The van der Waals surface area contributed by atoms with Gasteiger partial charge in [-0.2, -0.15) is 0 Å². The van der Waals surface area contributed by atoms with Crippen molar-refractivity contribution in [1.29, 1.82) is 0 Å². The highest BCUT2D eigenvalue weighted by molar-refractivity contribution is 5.79. The average molecular weight is 254 g/mol. The maximum absolute atomic E-state index is 12.6. The van der Waals surface area contributed by atoms with Gasteiger partial charge in [-0.25, -0.2) is 0 Å². The Bertz CT molecular complexity index is 308. The van der Waals surface area contributed by atoms with Gasteiger partial charge >= 0.3 is 0 Å². The van der Waals surface area contributed by atoms with Crippen LogP contribution in [0, 0.1) is 11.8 Å². The summed E-state index contributed by atoms with van der Waals surface area (Å²) in [5, 5.41) is 0. The molecular formula is C14H26N2O2. The van der Waals surface area contributed by atoms with Gasteiger partial charge in [0, 0.05) is 25.6 Å². The molecule has 5 atom stereocenters. The largest absolute Gasteiger partial charge is 0.376 e. The van der Waals surface area contributed by atoms with E-state index < -0.39 is 0 Å². The average Bonchev–Trinajstić information content (AvgIpc) is 2.77. The van der Waals surface area contributed by atoms with Gasteiger partial charge in [0.2, 0.25) is 5.91 Å². The second kappa shape index (κ2) is 5.57. The van der Waals surface area contributed by atoms with Crippen LogP contribution in [0.5, 0.6) is 0 Å². The maximum Gasteiger partial charge on any atom is 0.226 e. The van der Waals surface area contributed by atoms with Crippen molar-refractivity contribution < 1.29 is 9.53 Å². The monoisotopic (exact) mass is 254 g/mol. The number of carbonyl (C=O) groups is 1. The van der Waals surface area contributed by atoms with Crippen LogP contribution in [0.2, 0.25) is 0 Å². The molecule has 0 bridgehead atoms. The van der Waals surface area contributed by atoms with Crippen LogP contribution in [0.25, 0.3) is 0 Å². The van der Waals surface area contributed by atoms with E-state index in [1.165, 1.54) is 0 Å². The first-order valence-electron chi connectivity index (χ1n) is 7.16. The van der Waals surface area contributed by atoms with Gasteiger partial charge in [0.15, 0.2) is 0 Å². The van der Waals surface area contributed by atoms with E-state index in [2.05, 4.69) is 13.8 Å². The Balaban J connectivity index is 2.01. The molecule has 4 nitrogen and oxygen atoms in total.